The molecule has 17 heavy (non-hydrogen) atoms. The second kappa shape index (κ2) is 4.09. The van der Waals surface area contributed by atoms with Crippen molar-refractivity contribution in [3.05, 3.63) is 46.4 Å². The molecule has 0 unspecified atom stereocenters. The molecule has 0 bridgehead atoms. The van der Waals surface area contributed by atoms with E-state index in [0.717, 1.165) is 15.8 Å². The lowest BCUT2D eigenvalue weighted by Gasteiger charge is -2.02. The first-order chi connectivity index (χ1) is 8.24. The van der Waals surface area contributed by atoms with Crippen LogP contribution in [-0.2, 0) is 0 Å². The predicted molar refractivity (Wildman–Crippen MR) is 72.6 cm³/mol. The van der Waals surface area contributed by atoms with Gasteiger partial charge in [-0.3, -0.25) is 0 Å². The topological polar surface area (TPSA) is 25.8 Å². The van der Waals surface area contributed by atoms with Gasteiger partial charge in [-0.15, -0.1) is 11.3 Å². The summed E-state index contributed by atoms with van der Waals surface area (Å²) in [5.41, 5.74) is 2.19. The summed E-state index contributed by atoms with van der Waals surface area (Å²) in [7, 11) is 0. The smallest absolute Gasteiger partial charge is 0.162 e. The van der Waals surface area contributed by atoms with Gasteiger partial charge < -0.3 is 0 Å². The second-order valence-electron chi connectivity index (χ2n) is 3.85. The highest BCUT2D eigenvalue weighted by Crippen LogP contribution is 2.28. The van der Waals surface area contributed by atoms with Gasteiger partial charge in [-0.25, -0.2) is 9.97 Å². The van der Waals surface area contributed by atoms with E-state index in [4.69, 9.17) is 11.6 Å². The fraction of sp³-hybridized carbons (Fsp3) is 0.0769. The highest BCUT2D eigenvalue weighted by atomic mass is 35.5. The zero-order valence-corrected chi connectivity index (χ0v) is 10.7. The largest absolute Gasteiger partial charge is 0.217 e. The van der Waals surface area contributed by atoms with E-state index in [0.29, 0.717) is 11.0 Å². The Hall–Kier alpha value is -1.45. The molecule has 0 atom stereocenters. The van der Waals surface area contributed by atoms with Gasteiger partial charge in [-0.2, -0.15) is 0 Å². The molecule has 0 aliphatic rings. The Kier molecular flexibility index (Phi) is 2.57. The lowest BCUT2D eigenvalue weighted by atomic mass is 10.1. The molecule has 3 aromatic rings. The van der Waals surface area contributed by atoms with Gasteiger partial charge in [-0.05, 0) is 24.4 Å². The maximum atomic E-state index is 6.15. The Morgan fingerprint density at radius 3 is 2.88 bits per heavy atom. The molecule has 0 saturated heterocycles. The normalized spacial score (nSPS) is 10.9. The minimum absolute atomic E-state index is 0.521. The van der Waals surface area contributed by atoms with Crippen LogP contribution < -0.4 is 0 Å². The number of hydrogen-bond donors (Lipinski definition) is 0. The Bertz CT molecular complexity index is 691. The second-order valence-corrected chi connectivity index (χ2v) is 5.10. The van der Waals surface area contributed by atoms with Crippen LogP contribution in [0, 0.1) is 6.92 Å². The number of rotatable bonds is 1. The third-order valence-electron chi connectivity index (χ3n) is 2.55. The average molecular weight is 261 g/mol. The first-order valence-corrected chi connectivity index (χ1v) is 6.47. The van der Waals surface area contributed by atoms with Crippen LogP contribution in [0.15, 0.2) is 35.7 Å². The van der Waals surface area contributed by atoms with Gasteiger partial charge in [0, 0.05) is 10.9 Å². The summed E-state index contributed by atoms with van der Waals surface area (Å²) in [4.78, 5) is 9.81. The van der Waals surface area contributed by atoms with Gasteiger partial charge in [-0.1, -0.05) is 35.4 Å². The molecule has 0 saturated carbocycles. The van der Waals surface area contributed by atoms with E-state index in [1.54, 1.807) is 11.3 Å². The van der Waals surface area contributed by atoms with Crippen molar-refractivity contribution in [1.29, 1.82) is 0 Å². The number of thiophene rings is 1. The number of aromatic nitrogens is 2. The molecule has 84 valence electrons. The fourth-order valence-corrected chi connectivity index (χ4v) is 2.78. The monoisotopic (exact) mass is 260 g/mol. The van der Waals surface area contributed by atoms with Crippen molar-refractivity contribution in [2.45, 2.75) is 6.92 Å². The van der Waals surface area contributed by atoms with Crippen LogP contribution in [-0.4, -0.2) is 9.97 Å². The van der Waals surface area contributed by atoms with Crippen molar-refractivity contribution in [2.24, 2.45) is 0 Å². The molecule has 4 heteroatoms. The minimum atomic E-state index is 0.521. The summed E-state index contributed by atoms with van der Waals surface area (Å²) in [6, 6.07) is 10.1. The third-order valence-corrected chi connectivity index (χ3v) is 3.65. The highest BCUT2D eigenvalue weighted by Gasteiger charge is 2.08. The Labute approximate surface area is 108 Å². The lowest BCUT2D eigenvalue weighted by Crippen LogP contribution is -1.89. The third kappa shape index (κ3) is 1.92. The molecular weight excluding hydrogens is 252 g/mol. The molecule has 0 N–H and O–H groups in total. The number of aryl methyl sites for hydroxylation is 1. The standard InChI is InChI=1S/C13H9ClN2S/c1-8-3-2-4-9(7-8)12-15-11(14)10-5-6-17-13(10)16-12/h2-7H,1H3. The zero-order valence-electron chi connectivity index (χ0n) is 9.14. The van der Waals surface area contributed by atoms with Gasteiger partial charge >= 0.3 is 0 Å². The van der Waals surface area contributed by atoms with Crippen LogP contribution in [0.4, 0.5) is 0 Å². The van der Waals surface area contributed by atoms with Crippen molar-refractivity contribution in [2.75, 3.05) is 0 Å². The van der Waals surface area contributed by atoms with E-state index >= 15 is 0 Å². The minimum Gasteiger partial charge on any atom is -0.217 e. The van der Waals surface area contributed by atoms with Crippen LogP contribution in [0.3, 0.4) is 0 Å². The number of halogens is 1. The van der Waals surface area contributed by atoms with Gasteiger partial charge in [0.2, 0.25) is 0 Å². The van der Waals surface area contributed by atoms with Gasteiger partial charge in [0.25, 0.3) is 0 Å². The summed E-state index contributed by atoms with van der Waals surface area (Å²) in [5.74, 6) is 0.689. The maximum absolute atomic E-state index is 6.15. The average Bonchev–Trinajstić information content (AvgIpc) is 2.77. The Balaban J connectivity index is 2.23. The molecule has 0 spiro atoms. The number of fused-ring (bicyclic) bond motifs is 1. The number of nitrogens with zero attached hydrogens (tertiary/aromatic N) is 2. The van der Waals surface area contributed by atoms with E-state index in [-0.39, 0.29) is 0 Å². The number of hydrogen-bond acceptors (Lipinski definition) is 3. The lowest BCUT2D eigenvalue weighted by molar-refractivity contribution is 1.23. The number of benzene rings is 1. The first kappa shape index (κ1) is 10.7. The molecule has 0 fully saturated rings. The molecule has 1 aromatic carbocycles. The van der Waals surface area contributed by atoms with Crippen LogP contribution in [0.5, 0.6) is 0 Å². The molecular formula is C13H9ClN2S. The zero-order chi connectivity index (χ0) is 11.8. The van der Waals surface area contributed by atoms with E-state index in [1.165, 1.54) is 5.56 Å². The van der Waals surface area contributed by atoms with Crippen LogP contribution in [0.1, 0.15) is 5.56 Å². The first-order valence-electron chi connectivity index (χ1n) is 5.22. The summed E-state index contributed by atoms with van der Waals surface area (Å²) in [6.45, 7) is 2.05. The van der Waals surface area contributed by atoms with E-state index < -0.39 is 0 Å². The maximum Gasteiger partial charge on any atom is 0.162 e. The van der Waals surface area contributed by atoms with Crippen molar-refractivity contribution in [1.82, 2.24) is 9.97 Å². The van der Waals surface area contributed by atoms with Crippen LogP contribution >= 0.6 is 22.9 Å². The SMILES string of the molecule is Cc1cccc(-c2nc(Cl)c3ccsc3n2)c1. The molecule has 2 nitrogen and oxygen atoms in total. The fourth-order valence-electron chi connectivity index (χ4n) is 1.73. The van der Waals surface area contributed by atoms with Crippen LogP contribution in [0.25, 0.3) is 21.6 Å². The van der Waals surface area contributed by atoms with E-state index in [1.807, 2.05) is 23.6 Å². The van der Waals surface area contributed by atoms with Crippen molar-refractivity contribution < 1.29 is 0 Å². The summed E-state index contributed by atoms with van der Waals surface area (Å²) >= 11 is 7.73. The van der Waals surface area contributed by atoms with Crippen molar-refractivity contribution in [3.63, 3.8) is 0 Å². The van der Waals surface area contributed by atoms with E-state index in [2.05, 4.69) is 29.0 Å². The van der Waals surface area contributed by atoms with Gasteiger partial charge in [0.05, 0.1) is 0 Å². The Morgan fingerprint density at radius 1 is 1.18 bits per heavy atom. The molecule has 0 aliphatic heterocycles. The Morgan fingerprint density at radius 2 is 2.06 bits per heavy atom. The van der Waals surface area contributed by atoms with E-state index in [9.17, 15) is 0 Å². The summed E-state index contributed by atoms with van der Waals surface area (Å²) in [6.07, 6.45) is 0. The molecule has 3 rings (SSSR count). The molecule has 0 aliphatic carbocycles. The van der Waals surface area contributed by atoms with Crippen molar-refractivity contribution in [3.8, 4) is 11.4 Å². The van der Waals surface area contributed by atoms with Gasteiger partial charge in [0.15, 0.2) is 5.82 Å². The summed E-state index contributed by atoms with van der Waals surface area (Å²) < 4.78 is 0. The highest BCUT2D eigenvalue weighted by molar-refractivity contribution is 7.16. The summed E-state index contributed by atoms with van der Waals surface area (Å²) in [5, 5.41) is 3.42. The quantitative estimate of drug-likeness (QED) is 0.609. The van der Waals surface area contributed by atoms with Gasteiger partial charge in [0.1, 0.15) is 9.98 Å². The van der Waals surface area contributed by atoms with Crippen molar-refractivity contribution >= 4 is 33.2 Å². The molecule has 2 heterocycles. The van der Waals surface area contributed by atoms with Crippen LogP contribution in [0.2, 0.25) is 5.15 Å². The molecule has 2 aromatic heterocycles. The molecule has 0 amide bonds. The predicted octanol–water partition coefficient (Wildman–Crippen LogP) is 4.32. The molecule has 0 radical (unpaired) electrons.